The number of aryl methyl sites for hydroxylation is 1. The van der Waals surface area contributed by atoms with Gasteiger partial charge in [0.2, 0.25) is 0 Å². The van der Waals surface area contributed by atoms with E-state index in [0.717, 1.165) is 42.7 Å². The number of nitrogens with one attached hydrogen (secondary N) is 1. The zero-order valence-electron chi connectivity index (χ0n) is 17.4. The normalized spacial score (nSPS) is 15.7. The van der Waals surface area contributed by atoms with Crippen LogP contribution in [0.5, 0.6) is 0 Å². The van der Waals surface area contributed by atoms with Crippen molar-refractivity contribution in [1.82, 2.24) is 14.9 Å². The van der Waals surface area contributed by atoms with Crippen molar-refractivity contribution >= 4 is 22.9 Å². The Morgan fingerprint density at radius 2 is 1.83 bits per heavy atom. The summed E-state index contributed by atoms with van der Waals surface area (Å²) in [6.45, 7) is 3.55. The molecule has 3 aromatic rings. The van der Waals surface area contributed by atoms with Crippen LogP contribution in [0.3, 0.4) is 0 Å². The van der Waals surface area contributed by atoms with Crippen LogP contribution in [0.4, 0.5) is 0 Å². The Bertz CT molecular complexity index is 1050. The second-order valence-corrected chi connectivity index (χ2v) is 7.92. The highest BCUT2D eigenvalue weighted by Crippen LogP contribution is 2.23. The van der Waals surface area contributed by atoms with Crippen molar-refractivity contribution in [3.63, 3.8) is 0 Å². The van der Waals surface area contributed by atoms with Gasteiger partial charge in [-0.2, -0.15) is 0 Å². The van der Waals surface area contributed by atoms with Gasteiger partial charge >= 0.3 is 5.97 Å². The second-order valence-electron chi connectivity index (χ2n) is 7.92. The molecule has 4 rings (SSSR count). The molecule has 1 amide bonds. The minimum Gasteiger partial charge on any atom is -0.449 e. The van der Waals surface area contributed by atoms with Gasteiger partial charge in [0.05, 0.1) is 16.6 Å². The van der Waals surface area contributed by atoms with Gasteiger partial charge in [-0.05, 0) is 57.0 Å². The molecule has 6 heteroatoms. The predicted molar refractivity (Wildman–Crippen MR) is 116 cm³/mol. The Hall–Kier alpha value is -3.15. The molecular formula is C24H27N3O3. The zero-order valence-corrected chi connectivity index (χ0v) is 17.4. The van der Waals surface area contributed by atoms with Gasteiger partial charge in [-0.1, -0.05) is 37.5 Å². The third-order valence-electron chi connectivity index (χ3n) is 5.68. The Balaban J connectivity index is 1.47. The number of aromatic nitrogens is 2. The number of fused-ring (bicyclic) bond motifs is 1. The molecule has 1 aromatic heterocycles. The molecule has 0 saturated heterocycles. The number of benzene rings is 2. The van der Waals surface area contributed by atoms with E-state index in [2.05, 4.69) is 10.3 Å². The summed E-state index contributed by atoms with van der Waals surface area (Å²) in [5, 5.41) is 3.00. The van der Waals surface area contributed by atoms with Crippen molar-refractivity contribution in [3.05, 3.63) is 59.9 Å². The molecule has 1 atom stereocenters. The fraction of sp³-hybridized carbons (Fsp3) is 0.375. The minimum atomic E-state index is -0.835. The monoisotopic (exact) mass is 405 g/mol. The average molecular weight is 405 g/mol. The SMILES string of the molecule is Cc1nc2cc(C(=O)OC(C)C(=O)NC3CCCCC3)ccc2n1-c1ccccc1. The molecule has 1 saturated carbocycles. The topological polar surface area (TPSA) is 73.2 Å². The molecule has 0 radical (unpaired) electrons. The molecule has 1 aliphatic rings. The Kier molecular flexibility index (Phi) is 5.84. The van der Waals surface area contributed by atoms with Crippen LogP contribution in [0.25, 0.3) is 16.7 Å². The number of ether oxygens (including phenoxy) is 1. The maximum atomic E-state index is 12.6. The molecule has 1 aliphatic carbocycles. The van der Waals surface area contributed by atoms with E-state index in [1.54, 1.807) is 19.1 Å². The van der Waals surface area contributed by atoms with Crippen molar-refractivity contribution in [3.8, 4) is 5.69 Å². The molecule has 30 heavy (non-hydrogen) atoms. The van der Waals surface area contributed by atoms with E-state index in [0.29, 0.717) is 11.1 Å². The summed E-state index contributed by atoms with van der Waals surface area (Å²) in [6, 6.07) is 15.5. The summed E-state index contributed by atoms with van der Waals surface area (Å²) >= 11 is 0. The first-order valence-corrected chi connectivity index (χ1v) is 10.6. The molecule has 1 N–H and O–H groups in total. The molecule has 1 heterocycles. The van der Waals surface area contributed by atoms with Crippen molar-refractivity contribution in [2.75, 3.05) is 0 Å². The largest absolute Gasteiger partial charge is 0.449 e. The Morgan fingerprint density at radius 1 is 1.10 bits per heavy atom. The predicted octanol–water partition coefficient (Wildman–Crippen LogP) is 4.33. The third-order valence-corrected chi connectivity index (χ3v) is 5.68. The van der Waals surface area contributed by atoms with Crippen LogP contribution in [-0.2, 0) is 9.53 Å². The van der Waals surface area contributed by atoms with Gasteiger partial charge in [-0.15, -0.1) is 0 Å². The fourth-order valence-corrected chi connectivity index (χ4v) is 4.08. The highest BCUT2D eigenvalue weighted by Gasteiger charge is 2.23. The highest BCUT2D eigenvalue weighted by molar-refractivity contribution is 5.95. The maximum absolute atomic E-state index is 12.6. The van der Waals surface area contributed by atoms with E-state index in [4.69, 9.17) is 4.74 Å². The number of esters is 1. The van der Waals surface area contributed by atoms with Crippen molar-refractivity contribution in [1.29, 1.82) is 0 Å². The lowest BCUT2D eigenvalue weighted by Crippen LogP contribution is -2.42. The van der Waals surface area contributed by atoms with Crippen LogP contribution in [0, 0.1) is 6.92 Å². The van der Waals surface area contributed by atoms with Crippen LogP contribution in [0.15, 0.2) is 48.5 Å². The lowest BCUT2D eigenvalue weighted by atomic mass is 9.95. The van der Waals surface area contributed by atoms with Gasteiger partial charge in [-0.25, -0.2) is 9.78 Å². The first kappa shape index (κ1) is 20.1. The molecule has 2 aromatic carbocycles. The fourth-order valence-electron chi connectivity index (χ4n) is 4.08. The summed E-state index contributed by atoms with van der Waals surface area (Å²) in [5.41, 5.74) is 3.03. The standard InChI is InChI=1S/C24H27N3O3/c1-16(23(28)26-19-9-5-3-6-10-19)30-24(29)18-13-14-22-21(15-18)25-17(2)27(22)20-11-7-4-8-12-20/h4,7-8,11-16,19H,3,5-6,9-10H2,1-2H3,(H,26,28). The molecule has 0 spiro atoms. The van der Waals surface area contributed by atoms with Crippen molar-refractivity contribution in [2.45, 2.75) is 58.1 Å². The number of rotatable bonds is 5. The average Bonchev–Trinajstić information content (AvgIpc) is 3.09. The van der Waals surface area contributed by atoms with Gasteiger partial charge in [0.15, 0.2) is 6.10 Å². The molecule has 156 valence electrons. The molecule has 1 unspecified atom stereocenters. The summed E-state index contributed by atoms with van der Waals surface area (Å²) in [6.07, 6.45) is 4.64. The number of nitrogens with zero attached hydrogens (tertiary/aromatic N) is 2. The lowest BCUT2D eigenvalue weighted by molar-refractivity contribution is -0.130. The van der Waals surface area contributed by atoms with Crippen LogP contribution >= 0.6 is 0 Å². The van der Waals surface area contributed by atoms with Gasteiger partial charge < -0.3 is 10.1 Å². The van der Waals surface area contributed by atoms with Crippen LogP contribution < -0.4 is 5.32 Å². The smallest absolute Gasteiger partial charge is 0.338 e. The van der Waals surface area contributed by atoms with E-state index in [-0.39, 0.29) is 11.9 Å². The molecule has 1 fully saturated rings. The second kappa shape index (κ2) is 8.69. The summed E-state index contributed by atoms with van der Waals surface area (Å²) in [7, 11) is 0. The van der Waals surface area contributed by atoms with Gasteiger partial charge in [0.1, 0.15) is 5.82 Å². The number of hydrogen-bond donors (Lipinski definition) is 1. The van der Waals surface area contributed by atoms with Crippen LogP contribution in [-0.4, -0.2) is 33.6 Å². The highest BCUT2D eigenvalue weighted by atomic mass is 16.5. The first-order chi connectivity index (χ1) is 14.5. The van der Waals surface area contributed by atoms with Crippen molar-refractivity contribution in [2.24, 2.45) is 0 Å². The number of carbonyl (C=O) groups excluding carboxylic acids is 2. The number of para-hydroxylation sites is 1. The summed E-state index contributed by atoms with van der Waals surface area (Å²) < 4.78 is 7.47. The van der Waals surface area contributed by atoms with E-state index < -0.39 is 12.1 Å². The van der Waals surface area contributed by atoms with E-state index in [1.807, 2.05) is 47.9 Å². The zero-order chi connectivity index (χ0) is 21.1. The number of carbonyl (C=O) groups is 2. The molecule has 6 nitrogen and oxygen atoms in total. The van der Waals surface area contributed by atoms with Crippen molar-refractivity contribution < 1.29 is 14.3 Å². The summed E-state index contributed by atoms with van der Waals surface area (Å²) in [5.74, 6) is 0.0811. The Morgan fingerprint density at radius 3 is 2.57 bits per heavy atom. The number of imidazole rings is 1. The molecule has 0 aliphatic heterocycles. The quantitative estimate of drug-likeness (QED) is 0.642. The number of amides is 1. The molecular weight excluding hydrogens is 378 g/mol. The van der Waals surface area contributed by atoms with Gasteiger partial charge in [0.25, 0.3) is 5.91 Å². The van der Waals surface area contributed by atoms with Crippen LogP contribution in [0.2, 0.25) is 0 Å². The molecule has 0 bridgehead atoms. The first-order valence-electron chi connectivity index (χ1n) is 10.6. The van der Waals surface area contributed by atoms with Gasteiger partial charge in [0, 0.05) is 11.7 Å². The van der Waals surface area contributed by atoms with E-state index >= 15 is 0 Å². The third kappa shape index (κ3) is 4.22. The van der Waals surface area contributed by atoms with Gasteiger partial charge in [-0.3, -0.25) is 9.36 Å². The number of hydrogen-bond acceptors (Lipinski definition) is 4. The summed E-state index contributed by atoms with van der Waals surface area (Å²) in [4.78, 5) is 29.6. The van der Waals surface area contributed by atoms with E-state index in [1.165, 1.54) is 6.42 Å². The van der Waals surface area contributed by atoms with E-state index in [9.17, 15) is 9.59 Å². The Labute approximate surface area is 176 Å². The van der Waals surface area contributed by atoms with Crippen LogP contribution in [0.1, 0.15) is 55.2 Å². The minimum absolute atomic E-state index is 0.189. The lowest BCUT2D eigenvalue weighted by Gasteiger charge is -2.24. The maximum Gasteiger partial charge on any atom is 0.338 e.